The summed E-state index contributed by atoms with van der Waals surface area (Å²) in [5.74, 6) is 0.00493. The first-order valence-corrected chi connectivity index (χ1v) is 11.2. The number of piperidine rings is 1. The maximum Gasteiger partial charge on any atom is 0.266 e. The van der Waals surface area contributed by atoms with E-state index in [2.05, 4.69) is 34.2 Å². The maximum absolute atomic E-state index is 12.8. The van der Waals surface area contributed by atoms with Crippen molar-refractivity contribution in [3.05, 3.63) is 64.0 Å². The predicted molar refractivity (Wildman–Crippen MR) is 124 cm³/mol. The Morgan fingerprint density at radius 3 is 2.38 bits per heavy atom. The van der Waals surface area contributed by atoms with Crippen molar-refractivity contribution < 1.29 is 4.79 Å². The Morgan fingerprint density at radius 2 is 1.72 bits per heavy atom. The van der Waals surface area contributed by atoms with Crippen molar-refractivity contribution in [2.45, 2.75) is 26.2 Å². The summed E-state index contributed by atoms with van der Waals surface area (Å²) in [4.78, 5) is 22.3. The molecule has 1 amide bonds. The number of anilines is 1. The first kappa shape index (κ1) is 20.0. The van der Waals surface area contributed by atoms with Gasteiger partial charge in [-0.05, 0) is 86.0 Å². The molecule has 2 fully saturated rings. The van der Waals surface area contributed by atoms with E-state index in [-0.39, 0.29) is 5.91 Å². The van der Waals surface area contributed by atoms with Crippen molar-refractivity contribution in [1.29, 1.82) is 0 Å². The van der Waals surface area contributed by atoms with E-state index in [1.54, 1.807) is 17.0 Å². The summed E-state index contributed by atoms with van der Waals surface area (Å²) in [6, 6.07) is 15.8. The van der Waals surface area contributed by atoms with Crippen LogP contribution in [0, 0.1) is 0 Å². The Morgan fingerprint density at radius 1 is 1.03 bits per heavy atom. The number of likely N-dealkylation sites (N-methyl/N-ethyl adjacent to an activating group) is 1. The monoisotopic (exact) mass is 425 g/mol. The fourth-order valence-corrected chi connectivity index (χ4v) is 4.77. The Kier molecular flexibility index (Phi) is 6.26. The Balaban J connectivity index is 1.54. The number of thioether (sulfide) groups is 1. The van der Waals surface area contributed by atoms with Crippen molar-refractivity contribution in [2.24, 2.45) is 4.99 Å². The average Bonchev–Trinajstić information content (AvgIpc) is 3.05. The third-order valence-electron chi connectivity index (χ3n) is 5.17. The van der Waals surface area contributed by atoms with Crippen LogP contribution >= 0.6 is 23.4 Å². The molecule has 2 aromatic carbocycles. The topological polar surface area (TPSA) is 35.9 Å². The molecule has 2 aromatic rings. The van der Waals surface area contributed by atoms with Gasteiger partial charge in [-0.25, -0.2) is 4.99 Å². The van der Waals surface area contributed by atoms with E-state index < -0.39 is 0 Å². The Bertz CT molecular complexity index is 932. The van der Waals surface area contributed by atoms with Crippen LogP contribution in [0.1, 0.15) is 31.7 Å². The molecule has 6 heteroatoms. The lowest BCUT2D eigenvalue weighted by atomic mass is 10.1. The van der Waals surface area contributed by atoms with Crippen LogP contribution in [0.5, 0.6) is 0 Å². The van der Waals surface area contributed by atoms with Crippen molar-refractivity contribution in [3.8, 4) is 0 Å². The fourth-order valence-electron chi connectivity index (χ4n) is 3.58. The minimum absolute atomic E-state index is 0.00493. The first-order valence-electron chi connectivity index (χ1n) is 10.0. The highest BCUT2D eigenvalue weighted by Gasteiger charge is 2.32. The quantitative estimate of drug-likeness (QED) is 0.567. The van der Waals surface area contributed by atoms with Gasteiger partial charge in [0.05, 0.1) is 10.6 Å². The summed E-state index contributed by atoms with van der Waals surface area (Å²) in [6.45, 7) is 4.81. The lowest BCUT2D eigenvalue weighted by Crippen LogP contribution is -2.29. The van der Waals surface area contributed by atoms with Crippen LogP contribution in [0.3, 0.4) is 0 Å². The van der Waals surface area contributed by atoms with E-state index in [1.165, 1.54) is 36.7 Å². The fraction of sp³-hybridized carbons (Fsp3) is 0.304. The molecule has 2 saturated heterocycles. The van der Waals surface area contributed by atoms with E-state index in [0.717, 1.165) is 24.3 Å². The van der Waals surface area contributed by atoms with Gasteiger partial charge in [0.25, 0.3) is 5.91 Å². The Labute approximate surface area is 181 Å². The molecular formula is C23H24ClN3OS. The number of hydrogen-bond acceptors (Lipinski definition) is 4. The van der Waals surface area contributed by atoms with Gasteiger partial charge in [0.1, 0.15) is 0 Å². The van der Waals surface area contributed by atoms with Crippen LogP contribution < -0.4 is 4.90 Å². The lowest BCUT2D eigenvalue weighted by molar-refractivity contribution is -0.122. The zero-order valence-electron chi connectivity index (χ0n) is 16.5. The summed E-state index contributed by atoms with van der Waals surface area (Å²) in [5, 5.41) is 1.38. The largest absolute Gasteiger partial charge is 0.372 e. The summed E-state index contributed by atoms with van der Waals surface area (Å²) in [7, 11) is 0. The molecule has 0 bridgehead atoms. The molecule has 0 aromatic heterocycles. The lowest BCUT2D eigenvalue weighted by Gasteiger charge is -2.28. The minimum Gasteiger partial charge on any atom is -0.372 e. The van der Waals surface area contributed by atoms with E-state index in [9.17, 15) is 4.79 Å². The molecule has 4 rings (SSSR count). The van der Waals surface area contributed by atoms with Gasteiger partial charge in [0.15, 0.2) is 5.17 Å². The van der Waals surface area contributed by atoms with Gasteiger partial charge in [-0.15, -0.1) is 0 Å². The zero-order chi connectivity index (χ0) is 20.2. The molecule has 0 radical (unpaired) electrons. The van der Waals surface area contributed by atoms with Crippen molar-refractivity contribution in [3.63, 3.8) is 0 Å². The molecule has 2 heterocycles. The predicted octanol–water partition coefficient (Wildman–Crippen LogP) is 5.95. The molecule has 29 heavy (non-hydrogen) atoms. The van der Waals surface area contributed by atoms with Crippen molar-refractivity contribution in [2.75, 3.05) is 24.5 Å². The van der Waals surface area contributed by atoms with Crippen LogP contribution in [0.15, 0.2) is 58.4 Å². The van der Waals surface area contributed by atoms with Gasteiger partial charge < -0.3 is 4.90 Å². The summed E-state index contributed by atoms with van der Waals surface area (Å²) >= 11 is 7.37. The normalized spacial score (nSPS) is 20.1. The van der Waals surface area contributed by atoms with E-state index in [4.69, 9.17) is 11.6 Å². The molecular weight excluding hydrogens is 402 g/mol. The Hall–Kier alpha value is -2.24. The van der Waals surface area contributed by atoms with Crippen molar-refractivity contribution in [1.82, 2.24) is 4.90 Å². The molecule has 150 valence electrons. The summed E-state index contributed by atoms with van der Waals surface area (Å²) < 4.78 is 0. The average molecular weight is 426 g/mol. The van der Waals surface area contributed by atoms with E-state index in [1.807, 2.05) is 25.1 Å². The van der Waals surface area contributed by atoms with E-state index >= 15 is 0 Å². The van der Waals surface area contributed by atoms with Gasteiger partial charge in [-0.2, -0.15) is 0 Å². The van der Waals surface area contributed by atoms with Gasteiger partial charge >= 0.3 is 0 Å². The van der Waals surface area contributed by atoms with Crippen LogP contribution in [0.2, 0.25) is 5.02 Å². The van der Waals surface area contributed by atoms with Gasteiger partial charge in [-0.1, -0.05) is 23.7 Å². The number of amidine groups is 1. The number of carbonyl (C=O) groups is 1. The summed E-state index contributed by atoms with van der Waals surface area (Å²) in [6.07, 6.45) is 5.81. The smallest absolute Gasteiger partial charge is 0.266 e. The zero-order valence-corrected chi connectivity index (χ0v) is 18.0. The number of halogens is 1. The third-order valence-corrected chi connectivity index (χ3v) is 6.43. The molecule has 2 aliphatic heterocycles. The number of amides is 1. The van der Waals surface area contributed by atoms with Gasteiger partial charge in [0, 0.05) is 30.3 Å². The second-order valence-corrected chi connectivity index (χ2v) is 8.62. The molecule has 0 unspecified atom stereocenters. The highest BCUT2D eigenvalue weighted by Crippen LogP contribution is 2.34. The number of benzene rings is 2. The van der Waals surface area contributed by atoms with E-state index in [0.29, 0.717) is 21.6 Å². The molecule has 0 spiro atoms. The SMILES string of the molecule is CCN1C(=O)/C(=C/c2ccc(N3CCCCC3)cc2)SC1=Nc1ccc(Cl)cc1. The van der Waals surface area contributed by atoms with Crippen LogP contribution in [-0.4, -0.2) is 35.6 Å². The molecule has 2 aliphatic rings. The number of rotatable bonds is 4. The first-order chi connectivity index (χ1) is 14.1. The number of nitrogens with zero attached hydrogens (tertiary/aromatic N) is 3. The molecule has 4 nitrogen and oxygen atoms in total. The third kappa shape index (κ3) is 4.68. The second kappa shape index (κ2) is 9.06. The standard InChI is InChI=1S/C23H24ClN3OS/c1-2-27-22(28)21(29-23(27)25-19-10-8-18(24)9-11-19)16-17-6-12-20(13-7-17)26-14-4-3-5-15-26/h6-13,16H,2-5,14-15H2,1H3/b21-16-,25-23?. The van der Waals surface area contributed by atoms with Crippen LogP contribution in [0.25, 0.3) is 6.08 Å². The number of carbonyl (C=O) groups excluding carboxylic acids is 1. The highest BCUT2D eigenvalue weighted by molar-refractivity contribution is 8.18. The number of aliphatic imine (C=N–C) groups is 1. The summed E-state index contributed by atoms with van der Waals surface area (Å²) in [5.41, 5.74) is 3.08. The molecule has 0 atom stereocenters. The molecule has 0 aliphatic carbocycles. The van der Waals surface area contributed by atoms with Crippen LogP contribution in [-0.2, 0) is 4.79 Å². The van der Waals surface area contributed by atoms with Gasteiger partial charge in [0.2, 0.25) is 0 Å². The maximum atomic E-state index is 12.8. The van der Waals surface area contributed by atoms with Gasteiger partial charge in [-0.3, -0.25) is 9.69 Å². The second-order valence-electron chi connectivity index (χ2n) is 7.17. The molecule has 0 saturated carbocycles. The van der Waals surface area contributed by atoms with Crippen LogP contribution in [0.4, 0.5) is 11.4 Å². The molecule has 0 N–H and O–H groups in total. The van der Waals surface area contributed by atoms with Crippen molar-refractivity contribution >= 4 is 51.9 Å². The minimum atomic E-state index is 0.00493. The highest BCUT2D eigenvalue weighted by atomic mass is 35.5. The number of hydrogen-bond donors (Lipinski definition) is 0.